The Bertz CT molecular complexity index is 318. The van der Waals surface area contributed by atoms with Crippen LogP contribution in [-0.4, -0.2) is 22.5 Å². The second-order valence-electron chi connectivity index (χ2n) is 3.99. The molecule has 1 N–H and O–H groups in total. The number of carbonyl (C=O) groups excluding carboxylic acids is 1. The lowest BCUT2D eigenvalue weighted by Gasteiger charge is -2.04. The van der Waals surface area contributed by atoms with Gasteiger partial charge in [0.15, 0.2) is 0 Å². The Morgan fingerprint density at radius 3 is 2.93 bits per heavy atom. The molecule has 0 aliphatic carbocycles. The van der Waals surface area contributed by atoms with Gasteiger partial charge in [0.1, 0.15) is 11.5 Å². The number of nitrogens with one attached hydrogen (secondary N) is 1. The molecule has 4 nitrogen and oxygen atoms in total. The summed E-state index contributed by atoms with van der Waals surface area (Å²) in [4.78, 5) is 18.5. The maximum Gasteiger partial charge on any atom is 0.356 e. The maximum atomic E-state index is 11.5. The van der Waals surface area contributed by atoms with E-state index in [9.17, 15) is 4.79 Å². The van der Waals surface area contributed by atoms with Crippen molar-refractivity contribution in [2.45, 2.75) is 33.6 Å². The quantitative estimate of drug-likeness (QED) is 0.758. The van der Waals surface area contributed by atoms with Crippen LogP contribution in [0.4, 0.5) is 0 Å². The molecule has 1 aromatic heterocycles. The third-order valence-electron chi connectivity index (χ3n) is 1.88. The molecule has 0 aliphatic heterocycles. The van der Waals surface area contributed by atoms with Gasteiger partial charge in [-0.2, -0.15) is 0 Å². The molecule has 0 bridgehead atoms. The molecule has 0 aliphatic rings. The van der Waals surface area contributed by atoms with E-state index in [0.29, 0.717) is 18.2 Å². The van der Waals surface area contributed by atoms with Crippen molar-refractivity contribution in [2.24, 2.45) is 5.92 Å². The van der Waals surface area contributed by atoms with E-state index in [-0.39, 0.29) is 5.97 Å². The Balaban J connectivity index is 2.50. The zero-order chi connectivity index (χ0) is 11.3. The molecule has 0 aromatic carbocycles. The van der Waals surface area contributed by atoms with Crippen LogP contribution in [0.15, 0.2) is 6.20 Å². The van der Waals surface area contributed by atoms with Crippen molar-refractivity contribution in [3.05, 3.63) is 17.7 Å². The molecule has 0 fully saturated rings. The normalized spacial score (nSPS) is 10.7. The van der Waals surface area contributed by atoms with Gasteiger partial charge in [0.2, 0.25) is 0 Å². The number of hydrogen-bond donors (Lipinski definition) is 1. The fourth-order valence-electron chi connectivity index (χ4n) is 1.15. The van der Waals surface area contributed by atoms with E-state index in [4.69, 9.17) is 4.74 Å². The van der Waals surface area contributed by atoms with Crippen LogP contribution >= 0.6 is 0 Å². The lowest BCUT2D eigenvalue weighted by molar-refractivity contribution is 0.0452. The third-order valence-corrected chi connectivity index (χ3v) is 1.88. The summed E-state index contributed by atoms with van der Waals surface area (Å²) in [7, 11) is 0. The number of hydrogen-bond acceptors (Lipinski definition) is 3. The lowest BCUT2D eigenvalue weighted by atomic mass is 10.2. The fraction of sp³-hybridized carbons (Fsp3) is 0.636. The number of aromatic nitrogens is 2. The SMILES string of the molecule is CCCc1ncc(C(=O)OCC(C)C)[nH]1. The summed E-state index contributed by atoms with van der Waals surface area (Å²) in [6.45, 7) is 6.52. The Labute approximate surface area is 90.1 Å². The highest BCUT2D eigenvalue weighted by molar-refractivity contribution is 5.86. The second kappa shape index (κ2) is 5.53. The zero-order valence-corrected chi connectivity index (χ0v) is 9.54. The average Bonchev–Trinajstić information content (AvgIpc) is 2.63. The van der Waals surface area contributed by atoms with Gasteiger partial charge in [0.25, 0.3) is 0 Å². The Hall–Kier alpha value is -1.32. The average molecular weight is 210 g/mol. The number of aryl methyl sites for hydroxylation is 1. The van der Waals surface area contributed by atoms with E-state index in [0.717, 1.165) is 18.7 Å². The number of ether oxygens (including phenoxy) is 1. The first-order chi connectivity index (χ1) is 7.13. The maximum absolute atomic E-state index is 11.5. The molecule has 0 atom stereocenters. The van der Waals surface area contributed by atoms with Gasteiger partial charge in [-0.25, -0.2) is 9.78 Å². The smallest absolute Gasteiger partial charge is 0.356 e. The molecule has 0 saturated heterocycles. The molecule has 4 heteroatoms. The van der Waals surface area contributed by atoms with E-state index in [2.05, 4.69) is 16.9 Å². The molecule has 1 aromatic rings. The first-order valence-electron chi connectivity index (χ1n) is 5.34. The van der Waals surface area contributed by atoms with Crippen molar-refractivity contribution in [2.75, 3.05) is 6.61 Å². The number of imidazole rings is 1. The van der Waals surface area contributed by atoms with Gasteiger partial charge in [-0.15, -0.1) is 0 Å². The molecule has 0 saturated carbocycles. The molecule has 84 valence electrons. The monoisotopic (exact) mass is 210 g/mol. The van der Waals surface area contributed by atoms with E-state index in [1.807, 2.05) is 13.8 Å². The number of carbonyl (C=O) groups is 1. The molecule has 0 radical (unpaired) electrons. The lowest BCUT2D eigenvalue weighted by Crippen LogP contribution is -2.10. The van der Waals surface area contributed by atoms with E-state index in [1.54, 1.807) is 0 Å². The van der Waals surface area contributed by atoms with Crippen molar-refractivity contribution >= 4 is 5.97 Å². The number of nitrogens with zero attached hydrogens (tertiary/aromatic N) is 1. The van der Waals surface area contributed by atoms with Crippen LogP contribution in [-0.2, 0) is 11.2 Å². The van der Waals surface area contributed by atoms with Crippen LogP contribution in [0.1, 0.15) is 43.5 Å². The van der Waals surface area contributed by atoms with Crippen LogP contribution in [0.3, 0.4) is 0 Å². The number of esters is 1. The fourth-order valence-corrected chi connectivity index (χ4v) is 1.15. The van der Waals surface area contributed by atoms with E-state index < -0.39 is 0 Å². The Morgan fingerprint density at radius 1 is 1.60 bits per heavy atom. The highest BCUT2D eigenvalue weighted by Gasteiger charge is 2.11. The molecular formula is C11H18N2O2. The number of H-pyrrole nitrogens is 1. The summed E-state index contributed by atoms with van der Waals surface area (Å²) in [6, 6.07) is 0. The molecule has 15 heavy (non-hydrogen) atoms. The van der Waals surface area contributed by atoms with Gasteiger partial charge in [-0.1, -0.05) is 20.8 Å². The molecule has 0 spiro atoms. The summed E-state index contributed by atoms with van der Waals surface area (Å²) >= 11 is 0. The van der Waals surface area contributed by atoms with Crippen LogP contribution in [0.2, 0.25) is 0 Å². The molecular weight excluding hydrogens is 192 g/mol. The molecule has 0 unspecified atom stereocenters. The Kier molecular flexibility index (Phi) is 4.34. The van der Waals surface area contributed by atoms with Crippen LogP contribution in [0.25, 0.3) is 0 Å². The van der Waals surface area contributed by atoms with Gasteiger partial charge in [0.05, 0.1) is 12.8 Å². The van der Waals surface area contributed by atoms with Crippen molar-refractivity contribution in [3.8, 4) is 0 Å². The first-order valence-corrected chi connectivity index (χ1v) is 5.34. The topological polar surface area (TPSA) is 55.0 Å². The minimum Gasteiger partial charge on any atom is -0.461 e. The highest BCUT2D eigenvalue weighted by atomic mass is 16.5. The Morgan fingerprint density at radius 2 is 2.33 bits per heavy atom. The third kappa shape index (κ3) is 3.73. The van der Waals surface area contributed by atoms with Crippen LogP contribution in [0.5, 0.6) is 0 Å². The summed E-state index contributed by atoms with van der Waals surface area (Å²) in [5.74, 6) is 0.875. The van der Waals surface area contributed by atoms with Crippen LogP contribution in [0, 0.1) is 5.92 Å². The van der Waals surface area contributed by atoms with E-state index in [1.165, 1.54) is 6.20 Å². The van der Waals surface area contributed by atoms with Gasteiger partial charge in [-0.3, -0.25) is 0 Å². The molecule has 0 amide bonds. The summed E-state index contributed by atoms with van der Waals surface area (Å²) in [6.07, 6.45) is 3.40. The number of rotatable bonds is 5. The summed E-state index contributed by atoms with van der Waals surface area (Å²) in [5.41, 5.74) is 0.444. The second-order valence-corrected chi connectivity index (χ2v) is 3.99. The van der Waals surface area contributed by atoms with Gasteiger partial charge in [-0.05, 0) is 12.3 Å². The largest absolute Gasteiger partial charge is 0.461 e. The van der Waals surface area contributed by atoms with Gasteiger partial charge in [0, 0.05) is 6.42 Å². The highest BCUT2D eigenvalue weighted by Crippen LogP contribution is 2.03. The molecule has 1 heterocycles. The minimum absolute atomic E-state index is 0.321. The minimum atomic E-state index is -0.321. The first kappa shape index (κ1) is 11.8. The summed E-state index contributed by atoms with van der Waals surface area (Å²) in [5, 5.41) is 0. The summed E-state index contributed by atoms with van der Waals surface area (Å²) < 4.78 is 5.07. The number of aromatic amines is 1. The molecule has 1 rings (SSSR count). The van der Waals surface area contributed by atoms with Gasteiger partial charge >= 0.3 is 5.97 Å². The van der Waals surface area contributed by atoms with Crippen molar-refractivity contribution in [3.63, 3.8) is 0 Å². The van der Waals surface area contributed by atoms with Crippen molar-refractivity contribution < 1.29 is 9.53 Å². The standard InChI is InChI=1S/C11H18N2O2/c1-4-5-10-12-6-9(13-10)11(14)15-7-8(2)3/h6,8H,4-5,7H2,1-3H3,(H,12,13). The van der Waals surface area contributed by atoms with E-state index >= 15 is 0 Å². The van der Waals surface area contributed by atoms with Gasteiger partial charge < -0.3 is 9.72 Å². The zero-order valence-electron chi connectivity index (χ0n) is 9.54. The van der Waals surface area contributed by atoms with Crippen LogP contribution < -0.4 is 0 Å². The predicted molar refractivity (Wildman–Crippen MR) is 57.7 cm³/mol. The van der Waals surface area contributed by atoms with Crippen molar-refractivity contribution in [1.29, 1.82) is 0 Å². The predicted octanol–water partition coefficient (Wildman–Crippen LogP) is 2.18. The van der Waals surface area contributed by atoms with Crippen molar-refractivity contribution in [1.82, 2.24) is 9.97 Å².